The first-order valence-corrected chi connectivity index (χ1v) is 14.7. The molecular weight excluding hydrogens is 526 g/mol. The van der Waals surface area contributed by atoms with Crippen molar-refractivity contribution >= 4 is 35.0 Å². The van der Waals surface area contributed by atoms with Gasteiger partial charge in [-0.25, -0.2) is 0 Å². The zero-order valence-electron chi connectivity index (χ0n) is 23.1. The number of likely N-dealkylation sites (tertiary alicyclic amines) is 1. The van der Waals surface area contributed by atoms with Gasteiger partial charge in [-0.3, -0.25) is 14.4 Å². The fraction of sp³-hybridized carbons (Fsp3) is 0.469. The first-order valence-electron chi connectivity index (χ1n) is 14.3. The van der Waals surface area contributed by atoms with E-state index in [2.05, 4.69) is 24.5 Å². The molecule has 3 amide bonds. The Morgan fingerprint density at radius 2 is 1.90 bits per heavy atom. The van der Waals surface area contributed by atoms with Gasteiger partial charge in [0.2, 0.25) is 17.7 Å². The normalized spacial score (nSPS) is 34.1. The number of ether oxygens (including phenoxy) is 1. The van der Waals surface area contributed by atoms with E-state index in [0.717, 1.165) is 30.4 Å². The molecule has 4 aliphatic rings. The third kappa shape index (κ3) is 4.44. The van der Waals surface area contributed by atoms with Gasteiger partial charge in [0.15, 0.2) is 0 Å². The fourth-order valence-electron chi connectivity index (χ4n) is 7.24. The van der Waals surface area contributed by atoms with Crippen molar-refractivity contribution in [2.45, 2.75) is 70.4 Å². The maximum absolute atomic E-state index is 14.2. The zero-order valence-corrected chi connectivity index (χ0v) is 23.9. The van der Waals surface area contributed by atoms with E-state index in [-0.39, 0.29) is 30.3 Å². The molecule has 8 unspecified atom stereocenters. The molecule has 0 aromatic heterocycles. The Morgan fingerprint density at radius 3 is 2.67 bits per heavy atom. The summed E-state index contributed by atoms with van der Waals surface area (Å²) < 4.78 is 6.49. The van der Waals surface area contributed by atoms with Crippen LogP contribution in [-0.4, -0.2) is 46.4 Å². The Balaban J connectivity index is 1.34. The van der Waals surface area contributed by atoms with Gasteiger partial charge in [0, 0.05) is 23.3 Å². The number of nitrogens with one attached hydrogen (secondary N) is 2. The second-order valence-corrected chi connectivity index (χ2v) is 12.4. The Labute approximate surface area is 240 Å². The molecule has 3 heterocycles. The summed E-state index contributed by atoms with van der Waals surface area (Å²) in [7, 11) is 0. The van der Waals surface area contributed by atoms with Crippen LogP contribution in [0.4, 0.5) is 5.69 Å². The third-order valence-corrected chi connectivity index (χ3v) is 9.91. The zero-order chi connectivity index (χ0) is 28.2. The van der Waals surface area contributed by atoms with Crippen LogP contribution in [0.15, 0.2) is 60.7 Å². The van der Waals surface area contributed by atoms with Crippen LogP contribution in [0.25, 0.3) is 0 Å². The van der Waals surface area contributed by atoms with Crippen LogP contribution in [0, 0.1) is 30.6 Å². The Hall–Kier alpha value is -3.16. The number of hydrogen-bond donors (Lipinski definition) is 2. The number of rotatable bonds is 6. The summed E-state index contributed by atoms with van der Waals surface area (Å²) in [6.45, 7) is 6.51. The molecule has 1 spiro atoms. The number of benzene rings is 2. The highest BCUT2D eigenvalue weighted by Gasteiger charge is 2.72. The third-order valence-electron chi connectivity index (χ3n) is 9.54. The Morgan fingerprint density at radius 1 is 1.10 bits per heavy atom. The highest BCUT2D eigenvalue weighted by Crippen LogP contribution is 2.55. The largest absolute Gasteiger partial charge is 0.359 e. The van der Waals surface area contributed by atoms with E-state index < -0.39 is 29.6 Å². The monoisotopic (exact) mass is 561 g/mol. The molecule has 0 radical (unpaired) electrons. The lowest BCUT2D eigenvalue weighted by Crippen LogP contribution is -2.57. The Kier molecular flexibility index (Phi) is 6.99. The van der Waals surface area contributed by atoms with E-state index in [1.54, 1.807) is 11.0 Å². The topological polar surface area (TPSA) is 87.7 Å². The van der Waals surface area contributed by atoms with Crippen molar-refractivity contribution in [3.8, 4) is 0 Å². The number of carbonyl (C=O) groups excluding carboxylic acids is 3. The van der Waals surface area contributed by atoms with Crippen LogP contribution >= 0.6 is 11.6 Å². The molecule has 2 saturated heterocycles. The number of halogens is 1. The van der Waals surface area contributed by atoms with Crippen molar-refractivity contribution in [1.29, 1.82) is 0 Å². The molecule has 6 rings (SSSR count). The minimum Gasteiger partial charge on any atom is -0.359 e. The lowest BCUT2D eigenvalue weighted by atomic mass is 9.73. The van der Waals surface area contributed by atoms with Crippen LogP contribution in [0.5, 0.6) is 0 Å². The van der Waals surface area contributed by atoms with Crippen molar-refractivity contribution < 1.29 is 19.1 Å². The first-order chi connectivity index (χ1) is 19.2. The number of nitrogens with zero attached hydrogens (tertiary/aromatic N) is 1. The maximum Gasteiger partial charge on any atom is 0.246 e. The molecule has 3 fully saturated rings. The number of amides is 3. The van der Waals surface area contributed by atoms with Crippen LogP contribution in [-0.2, 0) is 25.7 Å². The van der Waals surface area contributed by atoms with E-state index in [1.165, 1.54) is 0 Å². The van der Waals surface area contributed by atoms with Crippen molar-refractivity contribution in [3.63, 3.8) is 0 Å². The maximum atomic E-state index is 14.2. The van der Waals surface area contributed by atoms with Gasteiger partial charge in [-0.15, -0.1) is 0 Å². The molecule has 7 nitrogen and oxygen atoms in total. The lowest BCUT2D eigenvalue weighted by molar-refractivity contribution is -0.142. The number of fused-ring (bicyclic) bond motifs is 1. The number of hydrogen-bond acceptors (Lipinski definition) is 4. The van der Waals surface area contributed by atoms with Gasteiger partial charge >= 0.3 is 0 Å². The van der Waals surface area contributed by atoms with E-state index in [9.17, 15) is 14.4 Å². The predicted octanol–water partition coefficient (Wildman–Crippen LogP) is 4.88. The van der Waals surface area contributed by atoms with E-state index >= 15 is 0 Å². The molecule has 1 saturated carbocycles. The lowest BCUT2D eigenvalue weighted by Gasteiger charge is -2.38. The standard InChI is InChI=1S/C32H36ClN3O4/c1-18-8-6-11-22(16-18)34-29(37)26-25-14-15-32(40-25)27(26)31(39)36(17-21-10-4-5-12-23(21)33)28(32)30(38)35-24-13-7-9-19(2)20(24)3/h4-6,8,10-12,14-16,19-20,24-28H,7,9,13,17H2,1-3H3,(H,34,37)(H,35,38). The Bertz CT molecular complexity index is 1380. The minimum absolute atomic E-state index is 0.0203. The van der Waals surface area contributed by atoms with Gasteiger partial charge in [0.1, 0.15) is 11.6 Å². The molecule has 210 valence electrons. The van der Waals surface area contributed by atoms with Crippen molar-refractivity contribution in [1.82, 2.24) is 10.2 Å². The van der Waals surface area contributed by atoms with Gasteiger partial charge in [0.05, 0.1) is 17.9 Å². The average molecular weight is 562 g/mol. The summed E-state index contributed by atoms with van der Waals surface area (Å²) >= 11 is 6.50. The minimum atomic E-state index is -1.22. The SMILES string of the molecule is Cc1cccc(NC(=O)C2C3C=CC4(O3)C2C(=O)N(Cc2ccccc2Cl)C4C(=O)NC2CCCC(C)C2C)c1. The molecule has 3 aliphatic heterocycles. The fourth-order valence-corrected chi connectivity index (χ4v) is 7.44. The van der Waals surface area contributed by atoms with E-state index in [1.807, 2.05) is 61.5 Å². The number of carbonyl (C=O) groups is 3. The molecule has 8 heteroatoms. The quantitative estimate of drug-likeness (QED) is 0.492. The molecule has 2 bridgehead atoms. The van der Waals surface area contributed by atoms with Gasteiger partial charge in [-0.1, -0.05) is 80.8 Å². The molecular formula is C32H36ClN3O4. The summed E-state index contributed by atoms with van der Waals surface area (Å²) in [5.74, 6) is -1.52. The number of anilines is 1. The van der Waals surface area contributed by atoms with E-state index in [0.29, 0.717) is 22.5 Å². The van der Waals surface area contributed by atoms with Crippen LogP contribution in [0.3, 0.4) is 0 Å². The summed E-state index contributed by atoms with van der Waals surface area (Å²) in [6.07, 6.45) is 6.21. The van der Waals surface area contributed by atoms with Gasteiger partial charge in [0.25, 0.3) is 0 Å². The number of aryl methyl sites for hydroxylation is 1. The second-order valence-electron chi connectivity index (χ2n) is 12.0. The smallest absolute Gasteiger partial charge is 0.246 e. The summed E-state index contributed by atoms with van der Waals surface area (Å²) in [6, 6.07) is 14.0. The van der Waals surface area contributed by atoms with Gasteiger partial charge in [-0.05, 0) is 54.5 Å². The highest BCUT2D eigenvalue weighted by atomic mass is 35.5. The molecule has 2 aromatic carbocycles. The van der Waals surface area contributed by atoms with Crippen LogP contribution < -0.4 is 10.6 Å². The highest BCUT2D eigenvalue weighted by molar-refractivity contribution is 6.31. The molecule has 8 atom stereocenters. The summed E-state index contributed by atoms with van der Waals surface area (Å²) in [4.78, 5) is 43.7. The summed E-state index contributed by atoms with van der Waals surface area (Å²) in [5.41, 5.74) is 1.21. The molecule has 40 heavy (non-hydrogen) atoms. The molecule has 2 N–H and O–H groups in total. The van der Waals surface area contributed by atoms with Crippen LogP contribution in [0.2, 0.25) is 5.02 Å². The average Bonchev–Trinajstić information content (AvgIpc) is 3.55. The van der Waals surface area contributed by atoms with E-state index in [4.69, 9.17) is 16.3 Å². The van der Waals surface area contributed by atoms with Crippen LogP contribution in [0.1, 0.15) is 44.2 Å². The van der Waals surface area contributed by atoms with Crippen molar-refractivity contribution in [2.24, 2.45) is 23.7 Å². The second kappa shape index (κ2) is 10.3. The van der Waals surface area contributed by atoms with Gasteiger partial charge in [-0.2, -0.15) is 0 Å². The molecule has 2 aromatic rings. The van der Waals surface area contributed by atoms with Gasteiger partial charge < -0.3 is 20.3 Å². The predicted molar refractivity (Wildman–Crippen MR) is 153 cm³/mol. The first kappa shape index (κ1) is 27.0. The summed E-state index contributed by atoms with van der Waals surface area (Å²) in [5, 5.41) is 6.80. The van der Waals surface area contributed by atoms with Crippen molar-refractivity contribution in [3.05, 3.63) is 76.8 Å². The van der Waals surface area contributed by atoms with Crippen molar-refractivity contribution in [2.75, 3.05) is 5.32 Å². The molecule has 1 aliphatic carbocycles.